The van der Waals surface area contributed by atoms with Crippen LogP contribution in [0.15, 0.2) is 66.3 Å². The van der Waals surface area contributed by atoms with Crippen LogP contribution in [0, 0.1) is 22.7 Å². The first-order valence-corrected chi connectivity index (χ1v) is 12.6. The van der Waals surface area contributed by atoms with E-state index in [-0.39, 0.29) is 29.8 Å². The number of rotatable bonds is 7. The normalized spacial score (nSPS) is 32.3. The Kier molecular flexibility index (Phi) is 7.55. The molecule has 192 valence electrons. The summed E-state index contributed by atoms with van der Waals surface area (Å²) in [4.78, 5) is 24.5. The first-order chi connectivity index (χ1) is 17.2. The Bertz CT molecular complexity index is 1110. The molecule has 1 heterocycles. The third-order valence-corrected chi connectivity index (χ3v) is 8.47. The molecule has 1 aliphatic heterocycles. The highest BCUT2D eigenvalue weighted by Gasteiger charge is 2.57. The molecule has 5 atom stereocenters. The number of ether oxygens (including phenoxy) is 3. The van der Waals surface area contributed by atoms with Crippen LogP contribution in [0.25, 0.3) is 6.08 Å². The first-order valence-electron chi connectivity index (χ1n) is 12.6. The van der Waals surface area contributed by atoms with Gasteiger partial charge >= 0.3 is 11.9 Å². The molecule has 0 amide bonds. The SMILES string of the molecule is C=C1CC[C@@H]2[C@](C)(COC(=O)/C=C/c3cccc(OC)c3)[C@H](O)CC[C@@]2(C)[C@@H]1/C=C/C1=CCOC1=O. The Morgan fingerprint density at radius 2 is 2.08 bits per heavy atom. The van der Waals surface area contributed by atoms with E-state index < -0.39 is 17.5 Å². The van der Waals surface area contributed by atoms with Crippen LogP contribution in [-0.2, 0) is 19.1 Å². The van der Waals surface area contributed by atoms with Crippen LogP contribution < -0.4 is 4.74 Å². The van der Waals surface area contributed by atoms with Gasteiger partial charge < -0.3 is 19.3 Å². The molecule has 2 aliphatic carbocycles. The number of benzene rings is 1. The highest BCUT2D eigenvalue weighted by Crippen LogP contribution is 2.61. The van der Waals surface area contributed by atoms with Gasteiger partial charge in [-0.1, -0.05) is 50.3 Å². The zero-order valence-electron chi connectivity index (χ0n) is 21.4. The zero-order chi connectivity index (χ0) is 25.9. The number of aliphatic hydroxyl groups excluding tert-OH is 1. The van der Waals surface area contributed by atoms with Crippen molar-refractivity contribution in [2.24, 2.45) is 22.7 Å². The van der Waals surface area contributed by atoms with Crippen molar-refractivity contribution in [3.63, 3.8) is 0 Å². The van der Waals surface area contributed by atoms with Gasteiger partial charge in [0, 0.05) is 17.4 Å². The fourth-order valence-corrected chi connectivity index (χ4v) is 6.37. The second-order valence-electron chi connectivity index (χ2n) is 10.6. The molecule has 4 rings (SSSR count). The Labute approximate surface area is 213 Å². The van der Waals surface area contributed by atoms with Crippen molar-refractivity contribution in [2.75, 3.05) is 20.3 Å². The van der Waals surface area contributed by atoms with E-state index in [4.69, 9.17) is 14.2 Å². The Morgan fingerprint density at radius 1 is 1.28 bits per heavy atom. The van der Waals surface area contributed by atoms with Gasteiger partial charge in [-0.05, 0) is 66.9 Å². The van der Waals surface area contributed by atoms with Crippen molar-refractivity contribution in [1.82, 2.24) is 0 Å². The molecular weight excluding hydrogens is 456 g/mol. The summed E-state index contributed by atoms with van der Waals surface area (Å²) in [5.41, 5.74) is 1.78. The zero-order valence-corrected chi connectivity index (χ0v) is 21.4. The van der Waals surface area contributed by atoms with Crippen LogP contribution >= 0.6 is 0 Å². The van der Waals surface area contributed by atoms with Gasteiger partial charge in [0.1, 0.15) is 12.4 Å². The topological polar surface area (TPSA) is 82.1 Å². The van der Waals surface area contributed by atoms with Crippen molar-refractivity contribution in [2.45, 2.75) is 45.6 Å². The fraction of sp³-hybridized carbons (Fsp3) is 0.467. The van der Waals surface area contributed by atoms with Crippen molar-refractivity contribution in [3.8, 4) is 5.75 Å². The van der Waals surface area contributed by atoms with E-state index in [0.717, 1.165) is 30.4 Å². The van der Waals surface area contributed by atoms with Gasteiger partial charge in [0.2, 0.25) is 0 Å². The Hall–Kier alpha value is -3.12. The summed E-state index contributed by atoms with van der Waals surface area (Å²) in [6.45, 7) is 9.07. The minimum atomic E-state index is -0.592. The number of carbonyl (C=O) groups is 2. The maximum Gasteiger partial charge on any atom is 0.338 e. The second kappa shape index (κ2) is 10.5. The number of methoxy groups -OCH3 is 1. The molecule has 2 fully saturated rings. The van der Waals surface area contributed by atoms with Crippen LogP contribution in [0.4, 0.5) is 0 Å². The van der Waals surface area contributed by atoms with Gasteiger partial charge in [-0.25, -0.2) is 9.59 Å². The van der Waals surface area contributed by atoms with E-state index in [1.807, 2.05) is 37.3 Å². The first kappa shape index (κ1) is 26.0. The molecule has 0 radical (unpaired) electrons. The van der Waals surface area contributed by atoms with Crippen LogP contribution in [0.1, 0.15) is 45.1 Å². The Morgan fingerprint density at radius 3 is 2.81 bits per heavy atom. The second-order valence-corrected chi connectivity index (χ2v) is 10.6. The largest absolute Gasteiger partial charge is 0.497 e. The summed E-state index contributed by atoms with van der Waals surface area (Å²) < 4.78 is 16.0. The highest BCUT2D eigenvalue weighted by atomic mass is 16.5. The molecule has 6 nitrogen and oxygen atoms in total. The number of aliphatic hydroxyl groups is 1. The number of hydrogen-bond donors (Lipinski definition) is 1. The molecule has 6 heteroatoms. The summed E-state index contributed by atoms with van der Waals surface area (Å²) in [5.74, 6) is 0.148. The van der Waals surface area contributed by atoms with Gasteiger partial charge in [-0.3, -0.25) is 0 Å². The van der Waals surface area contributed by atoms with E-state index in [1.54, 1.807) is 19.3 Å². The lowest BCUT2D eigenvalue weighted by molar-refractivity contribution is -0.168. The third kappa shape index (κ3) is 5.05. The summed E-state index contributed by atoms with van der Waals surface area (Å²) in [6, 6.07) is 7.42. The fourth-order valence-electron chi connectivity index (χ4n) is 6.37. The van der Waals surface area contributed by atoms with Crippen LogP contribution in [0.5, 0.6) is 5.75 Å². The summed E-state index contributed by atoms with van der Waals surface area (Å²) in [6.07, 6.45) is 11.4. The number of allylic oxidation sites excluding steroid dienone is 2. The molecule has 0 spiro atoms. The predicted octanol–water partition coefficient (Wildman–Crippen LogP) is 5.04. The Balaban J connectivity index is 1.49. The molecule has 1 aromatic carbocycles. The average Bonchev–Trinajstić information content (AvgIpc) is 3.28. The van der Waals surface area contributed by atoms with E-state index in [9.17, 15) is 14.7 Å². The molecular formula is C30H36O6. The van der Waals surface area contributed by atoms with Gasteiger partial charge in [-0.2, -0.15) is 0 Å². The lowest BCUT2D eigenvalue weighted by Crippen LogP contribution is -2.57. The van der Waals surface area contributed by atoms with E-state index >= 15 is 0 Å². The molecule has 36 heavy (non-hydrogen) atoms. The minimum Gasteiger partial charge on any atom is -0.497 e. The van der Waals surface area contributed by atoms with Gasteiger partial charge in [0.05, 0.1) is 25.4 Å². The monoisotopic (exact) mass is 492 g/mol. The minimum absolute atomic E-state index is 0.0565. The number of carbonyl (C=O) groups excluding carboxylic acids is 2. The maximum atomic E-state index is 12.6. The molecule has 1 N–H and O–H groups in total. The van der Waals surface area contributed by atoms with Crippen molar-refractivity contribution >= 4 is 18.0 Å². The van der Waals surface area contributed by atoms with Crippen molar-refractivity contribution in [3.05, 3.63) is 71.9 Å². The molecule has 2 saturated carbocycles. The quantitative estimate of drug-likeness (QED) is 0.326. The van der Waals surface area contributed by atoms with Crippen LogP contribution in [-0.4, -0.2) is 43.5 Å². The predicted molar refractivity (Wildman–Crippen MR) is 138 cm³/mol. The molecule has 0 saturated heterocycles. The number of cyclic esters (lactones) is 1. The van der Waals surface area contributed by atoms with E-state index in [2.05, 4.69) is 19.6 Å². The number of esters is 2. The third-order valence-electron chi connectivity index (χ3n) is 8.47. The maximum absolute atomic E-state index is 12.6. The van der Waals surface area contributed by atoms with E-state index in [0.29, 0.717) is 24.4 Å². The number of hydrogen-bond acceptors (Lipinski definition) is 6. The number of fused-ring (bicyclic) bond motifs is 1. The van der Waals surface area contributed by atoms with Crippen LogP contribution in [0.3, 0.4) is 0 Å². The molecule has 0 aromatic heterocycles. The standard InChI is InChI=1S/C30H36O6/c1-20-8-12-25-29(2,24(20)11-10-22-15-17-35-28(22)33)16-14-26(31)30(25,3)19-36-27(32)13-9-21-6-5-7-23(18-21)34-4/h5-7,9-11,13,15,18,24-26,31H,1,8,12,14,16-17,19H2,2-4H3/b11-10+,13-9+/t24-,25+,26-,29+,30+/m1/s1. The molecule has 3 aliphatic rings. The van der Waals surface area contributed by atoms with Crippen LogP contribution in [0.2, 0.25) is 0 Å². The molecule has 1 aromatic rings. The lowest BCUT2D eigenvalue weighted by Gasteiger charge is -2.59. The van der Waals surface area contributed by atoms with Crippen molar-refractivity contribution in [1.29, 1.82) is 0 Å². The summed E-state index contributed by atoms with van der Waals surface area (Å²) >= 11 is 0. The summed E-state index contributed by atoms with van der Waals surface area (Å²) in [5, 5.41) is 11.1. The lowest BCUT2D eigenvalue weighted by atomic mass is 9.46. The highest BCUT2D eigenvalue weighted by molar-refractivity contribution is 5.93. The molecule has 0 bridgehead atoms. The van der Waals surface area contributed by atoms with Crippen molar-refractivity contribution < 1.29 is 28.9 Å². The van der Waals surface area contributed by atoms with E-state index in [1.165, 1.54) is 6.08 Å². The van der Waals surface area contributed by atoms with Gasteiger partial charge in [-0.15, -0.1) is 0 Å². The summed E-state index contributed by atoms with van der Waals surface area (Å²) in [7, 11) is 1.60. The smallest absolute Gasteiger partial charge is 0.338 e. The average molecular weight is 493 g/mol. The van der Waals surface area contributed by atoms with Gasteiger partial charge in [0.25, 0.3) is 0 Å². The molecule has 0 unspecified atom stereocenters. The van der Waals surface area contributed by atoms with Gasteiger partial charge in [0.15, 0.2) is 0 Å².